The van der Waals surface area contributed by atoms with Gasteiger partial charge in [-0.3, -0.25) is 19.5 Å². The maximum Gasteiger partial charge on any atom is 0.457 e. The first-order valence-electron chi connectivity index (χ1n) is 8.60. The SMILES string of the molecule is CC1(C)OB(CCCn2cnc3ccc([N+](=O)[O-])cc3c2=O)OC1(C)C. The lowest BCUT2D eigenvalue weighted by molar-refractivity contribution is -0.384. The molecule has 1 aromatic carbocycles. The van der Waals surface area contributed by atoms with Crippen molar-refractivity contribution in [1.82, 2.24) is 9.55 Å². The zero-order valence-electron chi connectivity index (χ0n) is 15.4. The standard InChI is InChI=1S/C17H22BN3O5/c1-16(2)17(3,4)26-18(25-16)8-5-9-20-11-19-14-7-6-12(21(23)24)10-13(14)15(20)22/h6-7,10-11H,5,8-9H2,1-4H3. The highest BCUT2D eigenvalue weighted by Crippen LogP contribution is 2.37. The Labute approximate surface area is 151 Å². The van der Waals surface area contributed by atoms with Crippen molar-refractivity contribution >= 4 is 23.7 Å². The van der Waals surface area contributed by atoms with Gasteiger partial charge in [0.15, 0.2) is 0 Å². The second-order valence-corrected chi connectivity index (χ2v) is 7.53. The molecule has 2 aromatic rings. The van der Waals surface area contributed by atoms with Gasteiger partial charge >= 0.3 is 7.12 Å². The van der Waals surface area contributed by atoms with Crippen molar-refractivity contribution < 1.29 is 14.2 Å². The molecule has 0 bridgehead atoms. The predicted octanol–water partition coefficient (Wildman–Crippen LogP) is 2.79. The van der Waals surface area contributed by atoms with E-state index in [1.165, 1.54) is 29.1 Å². The average molecular weight is 359 g/mol. The maximum atomic E-state index is 12.6. The normalized spacial score (nSPS) is 18.4. The fourth-order valence-corrected chi connectivity index (χ4v) is 2.93. The summed E-state index contributed by atoms with van der Waals surface area (Å²) in [6.07, 6.45) is 2.78. The van der Waals surface area contributed by atoms with E-state index in [2.05, 4.69) is 4.98 Å². The van der Waals surface area contributed by atoms with Crippen LogP contribution in [0.25, 0.3) is 10.9 Å². The summed E-state index contributed by atoms with van der Waals surface area (Å²) < 4.78 is 13.4. The molecule has 1 aliphatic rings. The van der Waals surface area contributed by atoms with Crippen LogP contribution in [0.3, 0.4) is 0 Å². The summed E-state index contributed by atoms with van der Waals surface area (Å²) >= 11 is 0. The van der Waals surface area contributed by atoms with Gasteiger partial charge in [0.05, 0.1) is 33.4 Å². The van der Waals surface area contributed by atoms with Crippen molar-refractivity contribution in [2.45, 2.75) is 58.2 Å². The molecular weight excluding hydrogens is 337 g/mol. The molecule has 1 fully saturated rings. The fourth-order valence-electron chi connectivity index (χ4n) is 2.93. The van der Waals surface area contributed by atoms with E-state index in [0.717, 1.165) is 0 Å². The van der Waals surface area contributed by atoms with Gasteiger partial charge in [-0.1, -0.05) is 0 Å². The summed E-state index contributed by atoms with van der Waals surface area (Å²) in [6.45, 7) is 8.43. The van der Waals surface area contributed by atoms with Gasteiger partial charge in [-0.05, 0) is 46.5 Å². The van der Waals surface area contributed by atoms with Crippen molar-refractivity contribution in [3.05, 3.63) is 45.0 Å². The second kappa shape index (κ2) is 6.48. The molecule has 0 spiro atoms. The van der Waals surface area contributed by atoms with Crippen LogP contribution in [0, 0.1) is 10.1 Å². The third kappa shape index (κ3) is 3.36. The Morgan fingerprint density at radius 3 is 2.50 bits per heavy atom. The highest BCUT2D eigenvalue weighted by atomic mass is 16.7. The van der Waals surface area contributed by atoms with Crippen molar-refractivity contribution in [2.24, 2.45) is 0 Å². The Morgan fingerprint density at radius 2 is 1.88 bits per heavy atom. The Kier molecular flexibility index (Phi) is 4.62. The number of hydrogen-bond acceptors (Lipinski definition) is 6. The van der Waals surface area contributed by atoms with Gasteiger partial charge in [-0.15, -0.1) is 0 Å². The summed E-state index contributed by atoms with van der Waals surface area (Å²) in [5.41, 5.74) is -0.711. The van der Waals surface area contributed by atoms with Crippen molar-refractivity contribution in [2.75, 3.05) is 0 Å². The number of fused-ring (bicyclic) bond motifs is 1. The summed E-state index contributed by atoms with van der Waals surface area (Å²) in [7, 11) is -0.315. The minimum absolute atomic E-state index is 0.119. The van der Waals surface area contributed by atoms with Gasteiger partial charge in [0, 0.05) is 18.7 Å². The molecule has 0 amide bonds. The number of nitro groups is 1. The number of nitro benzene ring substituents is 1. The van der Waals surface area contributed by atoms with E-state index >= 15 is 0 Å². The van der Waals surface area contributed by atoms with Crippen molar-refractivity contribution in [3.8, 4) is 0 Å². The number of aromatic nitrogens is 2. The van der Waals surface area contributed by atoms with E-state index in [-0.39, 0.29) is 35.0 Å². The van der Waals surface area contributed by atoms with E-state index in [1.54, 1.807) is 0 Å². The number of rotatable bonds is 5. The van der Waals surface area contributed by atoms with Gasteiger partial charge in [0.1, 0.15) is 0 Å². The van der Waals surface area contributed by atoms with Gasteiger partial charge in [-0.25, -0.2) is 4.98 Å². The molecule has 138 valence electrons. The zero-order chi connectivity index (χ0) is 19.1. The number of non-ortho nitro benzene ring substituents is 1. The maximum absolute atomic E-state index is 12.6. The molecule has 1 saturated heterocycles. The smallest absolute Gasteiger partial charge is 0.403 e. The predicted molar refractivity (Wildman–Crippen MR) is 98.2 cm³/mol. The first-order valence-corrected chi connectivity index (χ1v) is 8.60. The van der Waals surface area contributed by atoms with E-state index < -0.39 is 4.92 Å². The summed E-state index contributed by atoms with van der Waals surface area (Å²) in [4.78, 5) is 27.2. The molecule has 8 nitrogen and oxygen atoms in total. The van der Waals surface area contributed by atoms with E-state index in [1.807, 2.05) is 27.7 Å². The Balaban J connectivity index is 1.71. The van der Waals surface area contributed by atoms with E-state index in [9.17, 15) is 14.9 Å². The molecule has 26 heavy (non-hydrogen) atoms. The first kappa shape index (κ1) is 18.5. The molecule has 1 aromatic heterocycles. The second-order valence-electron chi connectivity index (χ2n) is 7.53. The quantitative estimate of drug-likeness (QED) is 0.463. The fraction of sp³-hybridized carbons (Fsp3) is 0.529. The Bertz CT molecular complexity index is 893. The van der Waals surface area contributed by atoms with Crippen LogP contribution in [0.5, 0.6) is 0 Å². The van der Waals surface area contributed by atoms with Gasteiger partial charge in [-0.2, -0.15) is 0 Å². The molecule has 1 aliphatic heterocycles. The van der Waals surface area contributed by atoms with Crippen LogP contribution in [0.2, 0.25) is 6.32 Å². The van der Waals surface area contributed by atoms with Gasteiger partial charge < -0.3 is 9.31 Å². The lowest BCUT2D eigenvalue weighted by atomic mass is 9.83. The molecule has 0 atom stereocenters. The molecular formula is C17H22BN3O5. The van der Waals surface area contributed by atoms with Crippen LogP contribution < -0.4 is 5.56 Å². The van der Waals surface area contributed by atoms with E-state index in [0.29, 0.717) is 24.8 Å². The van der Waals surface area contributed by atoms with Crippen LogP contribution in [-0.4, -0.2) is 32.8 Å². The van der Waals surface area contributed by atoms with E-state index in [4.69, 9.17) is 9.31 Å². The monoisotopic (exact) mass is 359 g/mol. The summed E-state index contributed by atoms with van der Waals surface area (Å²) in [5, 5.41) is 11.2. The molecule has 3 rings (SSSR count). The number of benzene rings is 1. The Morgan fingerprint density at radius 1 is 1.23 bits per heavy atom. The van der Waals surface area contributed by atoms with Crippen LogP contribution in [0.15, 0.2) is 29.3 Å². The third-order valence-corrected chi connectivity index (χ3v) is 5.16. The number of hydrogen-bond donors (Lipinski definition) is 0. The molecule has 0 unspecified atom stereocenters. The van der Waals surface area contributed by atoms with Crippen LogP contribution in [0.4, 0.5) is 5.69 Å². The summed E-state index contributed by atoms with van der Waals surface area (Å²) in [5.74, 6) is 0. The van der Waals surface area contributed by atoms with Gasteiger partial charge in [0.25, 0.3) is 11.2 Å². The topological polar surface area (TPSA) is 96.5 Å². The lowest BCUT2D eigenvalue weighted by Crippen LogP contribution is -2.41. The molecule has 2 heterocycles. The molecule has 9 heteroatoms. The zero-order valence-corrected chi connectivity index (χ0v) is 15.4. The molecule has 0 radical (unpaired) electrons. The largest absolute Gasteiger partial charge is 0.457 e. The van der Waals surface area contributed by atoms with Gasteiger partial charge in [0.2, 0.25) is 0 Å². The molecule has 0 saturated carbocycles. The minimum atomic E-state index is -0.519. The highest BCUT2D eigenvalue weighted by molar-refractivity contribution is 6.45. The first-order chi connectivity index (χ1) is 12.1. The average Bonchev–Trinajstić information content (AvgIpc) is 2.76. The van der Waals surface area contributed by atoms with Crippen LogP contribution in [-0.2, 0) is 15.9 Å². The van der Waals surface area contributed by atoms with Crippen LogP contribution >= 0.6 is 0 Å². The minimum Gasteiger partial charge on any atom is -0.403 e. The Hall–Kier alpha value is -2.26. The third-order valence-electron chi connectivity index (χ3n) is 5.16. The van der Waals surface area contributed by atoms with Crippen LogP contribution in [0.1, 0.15) is 34.1 Å². The van der Waals surface area contributed by atoms with Crippen molar-refractivity contribution in [1.29, 1.82) is 0 Å². The number of nitrogens with zero attached hydrogens (tertiary/aromatic N) is 3. The lowest BCUT2D eigenvalue weighted by Gasteiger charge is -2.32. The molecule has 0 aliphatic carbocycles. The summed E-state index contributed by atoms with van der Waals surface area (Å²) in [6, 6.07) is 4.11. The highest BCUT2D eigenvalue weighted by Gasteiger charge is 2.50. The van der Waals surface area contributed by atoms with Crippen molar-refractivity contribution in [3.63, 3.8) is 0 Å². The molecule has 0 N–H and O–H groups in total. The number of aryl methyl sites for hydroxylation is 1.